The molecule has 0 spiro atoms. The molecule has 0 saturated heterocycles. The zero-order valence-electron chi connectivity index (χ0n) is 20.6. The first-order valence-corrected chi connectivity index (χ1v) is 12.6. The van der Waals surface area contributed by atoms with Crippen LogP contribution in [0.25, 0.3) is 10.2 Å². The number of thiazole rings is 1. The predicted molar refractivity (Wildman–Crippen MR) is 150 cm³/mol. The van der Waals surface area contributed by atoms with Crippen LogP contribution in [0.1, 0.15) is 16.7 Å². The molecule has 0 aliphatic carbocycles. The van der Waals surface area contributed by atoms with Gasteiger partial charge in [0.15, 0.2) is 0 Å². The molecule has 0 atom stereocenters. The summed E-state index contributed by atoms with van der Waals surface area (Å²) in [4.78, 5) is 21.6. The number of fused-ring (bicyclic) bond motifs is 1. The van der Waals surface area contributed by atoms with E-state index in [1.807, 2.05) is 18.2 Å². The maximum absolute atomic E-state index is 11.4. The van der Waals surface area contributed by atoms with E-state index in [4.69, 9.17) is 4.74 Å². The van der Waals surface area contributed by atoms with E-state index in [1.165, 1.54) is 11.6 Å². The number of benzene rings is 4. The fraction of sp³-hybridized carbons (Fsp3) is 0.0714. The number of nitrogens with zero attached hydrogens (tertiary/aromatic N) is 5. The molecule has 0 unspecified atom stereocenters. The van der Waals surface area contributed by atoms with Crippen LogP contribution in [0.4, 0.5) is 11.4 Å². The summed E-state index contributed by atoms with van der Waals surface area (Å²) in [6.45, 7) is 2.72. The van der Waals surface area contributed by atoms with Crippen molar-refractivity contribution in [2.24, 2.45) is 10.2 Å². The van der Waals surface area contributed by atoms with Crippen LogP contribution in [0.2, 0.25) is 0 Å². The van der Waals surface area contributed by atoms with Gasteiger partial charge in [0.25, 0.3) is 5.69 Å². The zero-order chi connectivity index (χ0) is 27.4. The summed E-state index contributed by atoms with van der Waals surface area (Å²) in [6.07, 6.45) is 1.61. The SMILES string of the molecule is Cc1ccc2c(c1)sc(=NN=Cc1ccc(Oc3ccc([N+](=O)[O-])cc3[N+](=O)[O-])cc1)n2Cc1ccccc1. The monoisotopic (exact) mass is 539 g/mol. The van der Waals surface area contributed by atoms with Crippen LogP contribution in [0, 0.1) is 27.2 Å². The van der Waals surface area contributed by atoms with Gasteiger partial charge in [-0.2, -0.15) is 5.10 Å². The van der Waals surface area contributed by atoms with Crippen molar-refractivity contribution >= 4 is 39.1 Å². The van der Waals surface area contributed by atoms with E-state index in [9.17, 15) is 20.2 Å². The van der Waals surface area contributed by atoms with Gasteiger partial charge in [-0.15, -0.1) is 5.10 Å². The molecule has 0 fully saturated rings. The first kappa shape index (κ1) is 25.5. The normalized spacial score (nSPS) is 11.8. The van der Waals surface area contributed by atoms with Crippen molar-refractivity contribution in [3.05, 3.63) is 133 Å². The molecule has 194 valence electrons. The maximum Gasteiger partial charge on any atom is 0.318 e. The van der Waals surface area contributed by atoms with E-state index < -0.39 is 15.5 Å². The Morgan fingerprint density at radius 3 is 2.41 bits per heavy atom. The highest BCUT2D eigenvalue weighted by Gasteiger charge is 2.21. The van der Waals surface area contributed by atoms with E-state index in [2.05, 4.69) is 52.0 Å². The number of aromatic nitrogens is 1. The lowest BCUT2D eigenvalue weighted by molar-refractivity contribution is -0.394. The molecule has 10 nitrogen and oxygen atoms in total. The molecule has 1 aromatic heterocycles. The van der Waals surface area contributed by atoms with Crippen molar-refractivity contribution in [1.29, 1.82) is 0 Å². The number of aryl methyl sites for hydroxylation is 1. The largest absolute Gasteiger partial charge is 0.450 e. The van der Waals surface area contributed by atoms with Gasteiger partial charge in [-0.25, -0.2) is 0 Å². The number of nitro groups is 2. The van der Waals surface area contributed by atoms with Gasteiger partial charge >= 0.3 is 5.69 Å². The van der Waals surface area contributed by atoms with Gasteiger partial charge in [0.1, 0.15) is 5.75 Å². The second-order valence-corrected chi connectivity index (χ2v) is 9.62. The third kappa shape index (κ3) is 5.89. The van der Waals surface area contributed by atoms with Crippen molar-refractivity contribution in [1.82, 2.24) is 4.57 Å². The molecule has 0 N–H and O–H groups in total. The molecule has 1 heterocycles. The van der Waals surface area contributed by atoms with Crippen LogP contribution >= 0.6 is 11.3 Å². The molecule has 11 heteroatoms. The second-order valence-electron chi connectivity index (χ2n) is 8.61. The Hall–Kier alpha value is -5.16. The molecular weight excluding hydrogens is 518 g/mol. The Bertz CT molecular complexity index is 1780. The summed E-state index contributed by atoms with van der Waals surface area (Å²) in [7, 11) is 0. The van der Waals surface area contributed by atoms with Gasteiger partial charge in [-0.1, -0.05) is 47.7 Å². The van der Waals surface area contributed by atoms with Crippen molar-refractivity contribution in [2.45, 2.75) is 13.5 Å². The Morgan fingerprint density at radius 1 is 0.923 bits per heavy atom. The molecule has 0 radical (unpaired) electrons. The first-order valence-electron chi connectivity index (χ1n) is 11.8. The molecular formula is C28H21N5O5S. The maximum atomic E-state index is 11.4. The van der Waals surface area contributed by atoms with Crippen LogP contribution < -0.4 is 9.54 Å². The van der Waals surface area contributed by atoms with Crippen LogP contribution in [-0.4, -0.2) is 20.6 Å². The van der Waals surface area contributed by atoms with Gasteiger partial charge in [-0.05, 0) is 66.1 Å². The average Bonchev–Trinajstić information content (AvgIpc) is 3.26. The highest BCUT2D eigenvalue weighted by Crippen LogP contribution is 2.34. The molecule has 39 heavy (non-hydrogen) atoms. The van der Waals surface area contributed by atoms with Gasteiger partial charge in [0.2, 0.25) is 10.6 Å². The van der Waals surface area contributed by atoms with Crippen LogP contribution in [0.3, 0.4) is 0 Å². The number of nitro benzene ring substituents is 2. The van der Waals surface area contributed by atoms with Gasteiger partial charge < -0.3 is 9.30 Å². The lowest BCUT2D eigenvalue weighted by Gasteiger charge is -2.06. The van der Waals surface area contributed by atoms with E-state index in [-0.39, 0.29) is 11.4 Å². The summed E-state index contributed by atoms with van der Waals surface area (Å²) < 4.78 is 8.88. The molecule has 0 bridgehead atoms. The molecule has 0 aliphatic heterocycles. The number of hydrogen-bond acceptors (Lipinski definition) is 8. The van der Waals surface area contributed by atoms with Crippen molar-refractivity contribution in [3.8, 4) is 11.5 Å². The molecule has 4 aromatic carbocycles. The first-order chi connectivity index (χ1) is 18.9. The van der Waals surface area contributed by atoms with Crippen molar-refractivity contribution < 1.29 is 14.6 Å². The molecule has 0 saturated carbocycles. The van der Waals surface area contributed by atoms with Gasteiger partial charge in [0.05, 0.1) is 38.9 Å². The quantitative estimate of drug-likeness (QED) is 0.125. The highest BCUT2D eigenvalue weighted by atomic mass is 32.1. The van der Waals surface area contributed by atoms with E-state index in [1.54, 1.807) is 41.8 Å². The Kier molecular flexibility index (Phi) is 7.23. The number of non-ortho nitro benzene ring substituents is 1. The summed E-state index contributed by atoms with van der Waals surface area (Å²) in [5, 5.41) is 31.1. The highest BCUT2D eigenvalue weighted by molar-refractivity contribution is 7.16. The second kappa shape index (κ2) is 11.1. The minimum absolute atomic E-state index is 0.0926. The fourth-order valence-corrected chi connectivity index (χ4v) is 5.00. The van der Waals surface area contributed by atoms with Crippen LogP contribution in [0.15, 0.2) is 101 Å². The van der Waals surface area contributed by atoms with Crippen molar-refractivity contribution in [2.75, 3.05) is 0 Å². The lowest BCUT2D eigenvalue weighted by Crippen LogP contribution is -2.15. The molecule has 0 aliphatic rings. The molecule has 5 aromatic rings. The number of hydrogen-bond donors (Lipinski definition) is 0. The topological polar surface area (TPSA) is 125 Å². The van der Waals surface area contributed by atoms with Gasteiger partial charge in [-0.3, -0.25) is 20.2 Å². The molecule has 5 rings (SSSR count). The standard InChI is InChI=1S/C28H21N5O5S/c1-19-7-13-24-27(15-19)39-28(31(24)18-21-5-3-2-4-6-21)30-29-17-20-8-11-23(12-9-20)38-26-14-10-22(32(34)35)16-25(26)33(36)37/h2-17H,18H2,1H3. The Balaban J connectivity index is 1.38. The smallest absolute Gasteiger partial charge is 0.318 e. The minimum Gasteiger partial charge on any atom is -0.450 e. The lowest BCUT2D eigenvalue weighted by atomic mass is 10.2. The fourth-order valence-electron chi connectivity index (χ4n) is 3.92. The average molecular weight is 540 g/mol. The zero-order valence-corrected chi connectivity index (χ0v) is 21.4. The van der Waals surface area contributed by atoms with E-state index in [0.717, 1.165) is 38.3 Å². The Morgan fingerprint density at radius 2 is 1.69 bits per heavy atom. The minimum atomic E-state index is -0.718. The van der Waals surface area contributed by atoms with E-state index in [0.29, 0.717) is 12.3 Å². The summed E-state index contributed by atoms with van der Waals surface area (Å²) >= 11 is 1.57. The van der Waals surface area contributed by atoms with Crippen molar-refractivity contribution in [3.63, 3.8) is 0 Å². The number of rotatable bonds is 8. The van der Waals surface area contributed by atoms with Crippen LogP contribution in [0.5, 0.6) is 11.5 Å². The Labute approximate surface area is 226 Å². The van der Waals surface area contributed by atoms with Gasteiger partial charge in [0, 0.05) is 6.07 Å². The van der Waals surface area contributed by atoms with E-state index >= 15 is 0 Å². The van der Waals surface area contributed by atoms with Crippen LogP contribution in [-0.2, 0) is 6.54 Å². The summed E-state index contributed by atoms with van der Waals surface area (Å²) in [6, 6.07) is 26.4. The molecule has 0 amide bonds. The third-order valence-electron chi connectivity index (χ3n) is 5.83. The predicted octanol–water partition coefficient (Wildman–Crippen LogP) is 6.60. The third-order valence-corrected chi connectivity index (χ3v) is 6.86. The number of ether oxygens (including phenoxy) is 1. The summed E-state index contributed by atoms with van der Waals surface area (Å²) in [5.74, 6) is 0.242. The summed E-state index contributed by atoms with van der Waals surface area (Å²) in [5.41, 5.74) is 3.29.